The molecule has 4 atom stereocenters. The molecule has 1 aliphatic carbocycles. The predicted molar refractivity (Wildman–Crippen MR) is 124 cm³/mol. The average molecular weight is 423 g/mol. The van der Waals surface area contributed by atoms with Crippen LogP contribution in [0.2, 0.25) is 0 Å². The molecule has 160 valence electrons. The fourth-order valence-corrected chi connectivity index (χ4v) is 6.78. The Hall–Kier alpha value is -1.65. The summed E-state index contributed by atoms with van der Waals surface area (Å²) in [6.45, 7) is 6.75. The van der Waals surface area contributed by atoms with Gasteiger partial charge in [-0.3, -0.25) is 4.79 Å². The van der Waals surface area contributed by atoms with Crippen molar-refractivity contribution < 1.29 is 4.79 Å². The third-order valence-electron chi connectivity index (χ3n) is 7.90. The maximum absolute atomic E-state index is 12.8. The average Bonchev–Trinajstić information content (AvgIpc) is 3.52. The monoisotopic (exact) mass is 422 g/mol. The van der Waals surface area contributed by atoms with Gasteiger partial charge in [0.15, 0.2) is 0 Å². The van der Waals surface area contributed by atoms with Gasteiger partial charge in [-0.25, -0.2) is 0 Å². The number of likely N-dealkylation sites (tertiary alicyclic amines) is 2. The van der Waals surface area contributed by atoms with E-state index in [1.165, 1.54) is 54.8 Å². The van der Waals surface area contributed by atoms with Gasteiger partial charge in [0.25, 0.3) is 0 Å². The summed E-state index contributed by atoms with van der Waals surface area (Å²) < 4.78 is 0. The number of thiophene rings is 1. The summed E-state index contributed by atoms with van der Waals surface area (Å²) in [5, 5.41) is 2.06. The predicted octanol–water partition coefficient (Wildman–Crippen LogP) is 4.97. The lowest BCUT2D eigenvalue weighted by Gasteiger charge is -2.22. The van der Waals surface area contributed by atoms with Crippen LogP contribution in [0.4, 0.5) is 0 Å². The van der Waals surface area contributed by atoms with E-state index in [1.807, 2.05) is 6.07 Å². The molecule has 1 amide bonds. The first-order chi connectivity index (χ1) is 14.7. The van der Waals surface area contributed by atoms with Gasteiger partial charge in [0, 0.05) is 30.6 Å². The van der Waals surface area contributed by atoms with Crippen LogP contribution in [0.25, 0.3) is 0 Å². The zero-order valence-electron chi connectivity index (χ0n) is 18.1. The lowest BCUT2D eigenvalue weighted by Crippen LogP contribution is -2.31. The van der Waals surface area contributed by atoms with Crippen molar-refractivity contribution >= 4 is 17.2 Å². The fraction of sp³-hybridized carbons (Fsp3) is 0.577. The highest BCUT2D eigenvalue weighted by Gasteiger charge is 2.44. The van der Waals surface area contributed by atoms with Crippen molar-refractivity contribution in [2.24, 2.45) is 11.8 Å². The number of carbonyl (C=O) groups is 1. The van der Waals surface area contributed by atoms with E-state index in [4.69, 9.17) is 0 Å². The fourth-order valence-electron chi connectivity index (χ4n) is 6.09. The Bertz CT molecular complexity index is 846. The molecule has 3 heterocycles. The van der Waals surface area contributed by atoms with Crippen LogP contribution in [0.5, 0.6) is 0 Å². The van der Waals surface area contributed by atoms with E-state index >= 15 is 0 Å². The number of benzene rings is 1. The molecule has 2 aromatic rings. The third-order valence-corrected chi connectivity index (χ3v) is 8.78. The summed E-state index contributed by atoms with van der Waals surface area (Å²) in [5.41, 5.74) is 2.96. The zero-order valence-corrected chi connectivity index (χ0v) is 18.9. The molecule has 2 aliphatic heterocycles. The van der Waals surface area contributed by atoms with Gasteiger partial charge in [-0.05, 0) is 85.9 Å². The zero-order chi connectivity index (χ0) is 20.5. The smallest absolute Gasteiger partial charge is 0.227 e. The van der Waals surface area contributed by atoms with Crippen LogP contribution >= 0.6 is 11.3 Å². The van der Waals surface area contributed by atoms with E-state index in [0.29, 0.717) is 30.1 Å². The minimum absolute atomic E-state index is 0.317. The summed E-state index contributed by atoms with van der Waals surface area (Å²) >= 11 is 1.69. The molecule has 0 spiro atoms. The van der Waals surface area contributed by atoms with Gasteiger partial charge in [0.05, 0.1) is 6.42 Å². The molecule has 5 rings (SSSR count). The molecule has 1 aromatic heterocycles. The normalized spacial score (nSPS) is 28.9. The third kappa shape index (κ3) is 4.22. The van der Waals surface area contributed by atoms with Crippen LogP contribution in [-0.2, 0) is 17.6 Å². The standard InChI is InChI=1S/C26H34N2OS/c1-19-4-2-13-27(19)14-12-20-6-8-21(9-7-20)24-11-10-22-17-28(18-25(22)24)26(29)16-23-5-3-15-30-23/h3,5-9,15,19,22,24-25H,2,4,10-14,16-18H2,1H3. The lowest BCUT2D eigenvalue weighted by atomic mass is 9.86. The van der Waals surface area contributed by atoms with E-state index in [0.717, 1.165) is 25.6 Å². The van der Waals surface area contributed by atoms with Gasteiger partial charge in [-0.15, -0.1) is 11.3 Å². The van der Waals surface area contributed by atoms with Gasteiger partial charge < -0.3 is 9.80 Å². The summed E-state index contributed by atoms with van der Waals surface area (Å²) in [5.74, 6) is 2.28. The van der Waals surface area contributed by atoms with Crippen LogP contribution in [0.15, 0.2) is 41.8 Å². The largest absolute Gasteiger partial charge is 0.342 e. The minimum atomic E-state index is 0.317. The first kappa shape index (κ1) is 20.3. The molecule has 3 aliphatic rings. The summed E-state index contributed by atoms with van der Waals surface area (Å²) in [6, 6.07) is 14.4. The molecule has 0 bridgehead atoms. The maximum atomic E-state index is 12.8. The quantitative estimate of drug-likeness (QED) is 0.656. The topological polar surface area (TPSA) is 23.6 Å². The number of rotatable bonds is 6. The van der Waals surface area contributed by atoms with Gasteiger partial charge in [0.1, 0.15) is 0 Å². The Morgan fingerprint density at radius 3 is 2.70 bits per heavy atom. The Balaban J connectivity index is 1.17. The molecule has 3 nitrogen and oxygen atoms in total. The molecule has 30 heavy (non-hydrogen) atoms. The highest BCUT2D eigenvalue weighted by molar-refractivity contribution is 7.10. The van der Waals surface area contributed by atoms with E-state index in [2.05, 4.69) is 52.4 Å². The highest BCUT2D eigenvalue weighted by atomic mass is 32.1. The first-order valence-corrected chi connectivity index (χ1v) is 12.7. The number of hydrogen-bond donors (Lipinski definition) is 0. The van der Waals surface area contributed by atoms with Gasteiger partial charge in [0.2, 0.25) is 5.91 Å². The van der Waals surface area contributed by atoms with Crippen molar-refractivity contribution in [3.05, 3.63) is 57.8 Å². The van der Waals surface area contributed by atoms with Crippen molar-refractivity contribution in [1.29, 1.82) is 0 Å². The summed E-state index contributed by atoms with van der Waals surface area (Å²) in [7, 11) is 0. The Kier molecular flexibility index (Phi) is 5.97. The van der Waals surface area contributed by atoms with Crippen LogP contribution < -0.4 is 0 Å². The SMILES string of the molecule is CC1CCCN1CCc1ccc(C2CCC3CN(C(=O)Cc4cccs4)CC32)cc1. The van der Waals surface area contributed by atoms with Gasteiger partial charge in [-0.1, -0.05) is 30.3 Å². The number of hydrogen-bond acceptors (Lipinski definition) is 3. The van der Waals surface area contributed by atoms with Crippen molar-refractivity contribution in [2.75, 3.05) is 26.2 Å². The Morgan fingerprint density at radius 1 is 1.10 bits per heavy atom. The molecule has 1 aromatic carbocycles. The molecule has 0 N–H and O–H groups in total. The number of nitrogens with zero attached hydrogens (tertiary/aromatic N) is 2. The maximum Gasteiger partial charge on any atom is 0.227 e. The lowest BCUT2D eigenvalue weighted by molar-refractivity contribution is -0.129. The van der Waals surface area contributed by atoms with Crippen molar-refractivity contribution in [1.82, 2.24) is 9.80 Å². The Morgan fingerprint density at radius 2 is 1.97 bits per heavy atom. The molecule has 0 radical (unpaired) electrons. The van der Waals surface area contributed by atoms with Crippen molar-refractivity contribution in [3.8, 4) is 0 Å². The molecule has 3 fully saturated rings. The Labute approximate surface area is 185 Å². The highest BCUT2D eigenvalue weighted by Crippen LogP contribution is 2.47. The van der Waals surface area contributed by atoms with Crippen LogP contribution in [0.1, 0.15) is 54.5 Å². The van der Waals surface area contributed by atoms with Gasteiger partial charge >= 0.3 is 0 Å². The van der Waals surface area contributed by atoms with Crippen LogP contribution in [-0.4, -0.2) is 47.9 Å². The van der Waals surface area contributed by atoms with E-state index in [1.54, 1.807) is 11.3 Å². The number of amides is 1. The molecule has 2 saturated heterocycles. The number of carbonyl (C=O) groups excluding carboxylic acids is 1. The van der Waals surface area contributed by atoms with E-state index < -0.39 is 0 Å². The number of fused-ring (bicyclic) bond motifs is 1. The first-order valence-electron chi connectivity index (χ1n) is 11.8. The summed E-state index contributed by atoms with van der Waals surface area (Å²) in [4.78, 5) is 18.7. The van der Waals surface area contributed by atoms with E-state index in [-0.39, 0.29) is 0 Å². The second-order valence-corrected chi connectivity index (χ2v) is 10.7. The molecule has 1 saturated carbocycles. The van der Waals surface area contributed by atoms with Crippen molar-refractivity contribution in [3.63, 3.8) is 0 Å². The van der Waals surface area contributed by atoms with Gasteiger partial charge in [-0.2, -0.15) is 0 Å². The van der Waals surface area contributed by atoms with Crippen molar-refractivity contribution in [2.45, 2.75) is 57.4 Å². The van der Waals surface area contributed by atoms with E-state index in [9.17, 15) is 4.79 Å². The second-order valence-electron chi connectivity index (χ2n) is 9.68. The molecular formula is C26H34N2OS. The molecule has 4 heteroatoms. The van der Waals surface area contributed by atoms with Crippen LogP contribution in [0, 0.1) is 11.8 Å². The molecular weight excluding hydrogens is 388 g/mol. The minimum Gasteiger partial charge on any atom is -0.342 e. The summed E-state index contributed by atoms with van der Waals surface area (Å²) in [6.07, 6.45) is 7.01. The molecule has 4 unspecified atom stereocenters. The van der Waals surface area contributed by atoms with Crippen LogP contribution in [0.3, 0.4) is 0 Å². The second kappa shape index (κ2) is 8.84.